The number of halogens is 3. The molecule has 9 heteroatoms. The number of benzene rings is 2. The molecule has 0 saturated heterocycles. The Labute approximate surface area is 148 Å². The molecule has 2 aromatic rings. The van der Waals surface area contributed by atoms with Gasteiger partial charge in [0.1, 0.15) is 5.82 Å². The number of carbonyl (C=O) groups excluding carboxylic acids is 1. The first kappa shape index (κ1) is 18.7. The van der Waals surface area contributed by atoms with E-state index in [9.17, 15) is 17.6 Å². The van der Waals surface area contributed by atoms with Crippen molar-refractivity contribution in [1.29, 1.82) is 0 Å². The van der Waals surface area contributed by atoms with Gasteiger partial charge in [0.15, 0.2) is 0 Å². The van der Waals surface area contributed by atoms with Crippen molar-refractivity contribution < 1.29 is 17.6 Å². The monoisotopic (exact) mass is 390 g/mol. The predicted molar refractivity (Wildman–Crippen MR) is 91.3 cm³/mol. The average Bonchev–Trinajstić information content (AvgIpc) is 2.46. The fourth-order valence-corrected chi connectivity index (χ4v) is 3.40. The van der Waals surface area contributed by atoms with Gasteiger partial charge in [0.2, 0.25) is 15.9 Å². The third-order valence-electron chi connectivity index (χ3n) is 2.91. The van der Waals surface area contributed by atoms with Crippen LogP contribution in [-0.2, 0) is 14.8 Å². The van der Waals surface area contributed by atoms with Crippen LogP contribution in [0.2, 0.25) is 10.0 Å². The summed E-state index contributed by atoms with van der Waals surface area (Å²) in [6.07, 6.45) is -0.0927. The molecule has 2 rings (SSSR count). The Morgan fingerprint density at radius 1 is 1.04 bits per heavy atom. The zero-order valence-electron chi connectivity index (χ0n) is 12.2. The van der Waals surface area contributed by atoms with Crippen LogP contribution in [0.15, 0.2) is 47.4 Å². The Balaban J connectivity index is 1.89. The quantitative estimate of drug-likeness (QED) is 0.792. The van der Waals surface area contributed by atoms with Gasteiger partial charge in [-0.15, -0.1) is 0 Å². The summed E-state index contributed by atoms with van der Waals surface area (Å²) in [4.78, 5) is 11.7. The number of hydrogen-bond acceptors (Lipinski definition) is 3. The fourth-order valence-electron chi connectivity index (χ4n) is 1.85. The van der Waals surface area contributed by atoms with Crippen LogP contribution in [0.25, 0.3) is 0 Å². The van der Waals surface area contributed by atoms with Gasteiger partial charge in [-0.1, -0.05) is 23.2 Å². The van der Waals surface area contributed by atoms with Crippen LogP contribution in [-0.4, -0.2) is 20.9 Å². The number of nitrogens with one attached hydrogen (secondary N) is 2. The highest BCUT2D eigenvalue weighted by Crippen LogP contribution is 2.22. The molecule has 2 aromatic carbocycles. The van der Waals surface area contributed by atoms with Crippen LogP contribution in [0.1, 0.15) is 6.42 Å². The number of amides is 1. The molecule has 0 aliphatic heterocycles. The molecular formula is C15H13Cl2FN2O3S. The van der Waals surface area contributed by atoms with Crippen LogP contribution in [0.3, 0.4) is 0 Å². The molecule has 0 spiro atoms. The molecule has 0 aromatic heterocycles. The summed E-state index contributed by atoms with van der Waals surface area (Å²) in [5, 5.41) is 3.31. The van der Waals surface area contributed by atoms with Crippen molar-refractivity contribution in [3.63, 3.8) is 0 Å². The van der Waals surface area contributed by atoms with E-state index in [-0.39, 0.29) is 17.9 Å². The topological polar surface area (TPSA) is 75.3 Å². The first-order valence-electron chi connectivity index (χ1n) is 6.77. The molecule has 0 bridgehead atoms. The molecule has 0 aliphatic rings. The minimum Gasteiger partial charge on any atom is -0.326 e. The zero-order valence-corrected chi connectivity index (χ0v) is 14.6. The molecule has 2 N–H and O–H groups in total. The van der Waals surface area contributed by atoms with E-state index in [1.54, 1.807) is 0 Å². The van der Waals surface area contributed by atoms with Gasteiger partial charge < -0.3 is 5.32 Å². The largest absolute Gasteiger partial charge is 0.326 e. The number of rotatable bonds is 6. The van der Waals surface area contributed by atoms with Crippen molar-refractivity contribution in [2.75, 3.05) is 11.9 Å². The summed E-state index contributed by atoms with van der Waals surface area (Å²) in [7, 11) is -3.80. The Hall–Kier alpha value is -1.67. The lowest BCUT2D eigenvalue weighted by Crippen LogP contribution is -2.27. The van der Waals surface area contributed by atoms with Gasteiger partial charge in [0.25, 0.3) is 0 Å². The number of carbonyl (C=O) groups is 1. The molecule has 128 valence electrons. The van der Waals surface area contributed by atoms with Crippen LogP contribution in [0.5, 0.6) is 0 Å². The SMILES string of the molecule is O=C(CCNS(=O)(=O)c1ccc(F)cc1)Nc1cc(Cl)cc(Cl)c1. The van der Waals surface area contributed by atoms with E-state index in [1.165, 1.54) is 18.2 Å². The molecule has 0 fully saturated rings. The summed E-state index contributed by atoms with van der Waals surface area (Å²) in [6.45, 7) is -0.111. The summed E-state index contributed by atoms with van der Waals surface area (Å²) in [6, 6.07) is 8.95. The molecule has 0 aliphatic carbocycles. The van der Waals surface area contributed by atoms with Crippen molar-refractivity contribution in [2.45, 2.75) is 11.3 Å². The van der Waals surface area contributed by atoms with Gasteiger partial charge in [-0.3, -0.25) is 4.79 Å². The highest BCUT2D eigenvalue weighted by Gasteiger charge is 2.14. The Morgan fingerprint density at radius 2 is 1.62 bits per heavy atom. The van der Waals surface area contributed by atoms with Crippen LogP contribution < -0.4 is 10.0 Å². The van der Waals surface area contributed by atoms with Crippen molar-refractivity contribution in [2.24, 2.45) is 0 Å². The number of anilines is 1. The van der Waals surface area contributed by atoms with Gasteiger partial charge in [-0.05, 0) is 42.5 Å². The summed E-state index contributed by atoms with van der Waals surface area (Å²) in [5.41, 5.74) is 0.416. The molecule has 0 atom stereocenters. The van der Waals surface area contributed by atoms with Gasteiger partial charge in [-0.25, -0.2) is 17.5 Å². The standard InChI is InChI=1S/C15H13Cl2FN2O3S/c16-10-7-11(17)9-13(8-10)20-15(21)5-6-19-24(22,23)14-3-1-12(18)2-4-14/h1-4,7-9,19H,5-6H2,(H,20,21). The lowest BCUT2D eigenvalue weighted by atomic mass is 10.3. The lowest BCUT2D eigenvalue weighted by molar-refractivity contribution is -0.116. The second kappa shape index (κ2) is 7.94. The van der Waals surface area contributed by atoms with Crippen LogP contribution in [0, 0.1) is 5.82 Å². The van der Waals surface area contributed by atoms with Crippen molar-refractivity contribution >= 4 is 44.8 Å². The minimum absolute atomic E-state index is 0.0778. The fraction of sp³-hybridized carbons (Fsp3) is 0.133. The second-order valence-corrected chi connectivity index (χ2v) is 7.45. The average molecular weight is 391 g/mol. The molecule has 0 unspecified atom stereocenters. The third-order valence-corrected chi connectivity index (χ3v) is 4.83. The summed E-state index contributed by atoms with van der Waals surface area (Å²) >= 11 is 11.6. The highest BCUT2D eigenvalue weighted by molar-refractivity contribution is 7.89. The maximum atomic E-state index is 12.8. The van der Waals surface area contributed by atoms with Gasteiger partial charge >= 0.3 is 0 Å². The molecular weight excluding hydrogens is 378 g/mol. The summed E-state index contributed by atoms with van der Waals surface area (Å²) < 4.78 is 39.0. The first-order valence-corrected chi connectivity index (χ1v) is 9.01. The van der Waals surface area contributed by atoms with Crippen molar-refractivity contribution in [3.8, 4) is 0 Å². The van der Waals surface area contributed by atoms with Gasteiger partial charge in [0.05, 0.1) is 4.90 Å². The number of sulfonamides is 1. The molecule has 5 nitrogen and oxygen atoms in total. The van der Waals surface area contributed by atoms with E-state index in [4.69, 9.17) is 23.2 Å². The zero-order chi connectivity index (χ0) is 17.7. The first-order chi connectivity index (χ1) is 11.3. The van der Waals surface area contributed by atoms with Crippen molar-refractivity contribution in [3.05, 3.63) is 58.3 Å². The van der Waals surface area contributed by atoms with E-state index in [0.29, 0.717) is 15.7 Å². The molecule has 1 amide bonds. The second-order valence-electron chi connectivity index (χ2n) is 4.81. The van der Waals surface area contributed by atoms with Crippen molar-refractivity contribution in [1.82, 2.24) is 4.72 Å². The predicted octanol–water partition coefficient (Wildman–Crippen LogP) is 3.44. The van der Waals surface area contributed by atoms with E-state index in [0.717, 1.165) is 24.3 Å². The van der Waals surface area contributed by atoms with E-state index in [2.05, 4.69) is 10.0 Å². The smallest absolute Gasteiger partial charge is 0.240 e. The number of hydrogen-bond donors (Lipinski definition) is 2. The highest BCUT2D eigenvalue weighted by atomic mass is 35.5. The normalized spacial score (nSPS) is 11.3. The maximum absolute atomic E-state index is 12.8. The van der Waals surface area contributed by atoms with Crippen LogP contribution >= 0.6 is 23.2 Å². The van der Waals surface area contributed by atoms with E-state index >= 15 is 0 Å². The third kappa shape index (κ3) is 5.45. The van der Waals surface area contributed by atoms with Gasteiger partial charge in [-0.2, -0.15) is 0 Å². The van der Waals surface area contributed by atoms with Crippen LogP contribution in [0.4, 0.5) is 10.1 Å². The van der Waals surface area contributed by atoms with E-state index < -0.39 is 21.7 Å². The Bertz CT molecular complexity index is 822. The Morgan fingerprint density at radius 3 is 2.21 bits per heavy atom. The van der Waals surface area contributed by atoms with E-state index in [1.807, 2.05) is 0 Å². The minimum atomic E-state index is -3.80. The lowest BCUT2D eigenvalue weighted by Gasteiger charge is -2.08. The molecule has 24 heavy (non-hydrogen) atoms. The maximum Gasteiger partial charge on any atom is 0.240 e. The molecule has 0 heterocycles. The Kier molecular flexibility index (Phi) is 6.17. The molecule has 0 radical (unpaired) electrons. The molecule has 0 saturated carbocycles. The summed E-state index contributed by atoms with van der Waals surface area (Å²) in [5.74, 6) is -0.941. The van der Waals surface area contributed by atoms with Gasteiger partial charge in [0, 0.05) is 28.7 Å².